The molecule has 2 aromatic heterocycles. The van der Waals surface area contributed by atoms with E-state index in [1.165, 1.54) is 0 Å². The van der Waals surface area contributed by atoms with Crippen LogP contribution in [0.1, 0.15) is 25.6 Å². The first-order valence-electron chi connectivity index (χ1n) is 5.36. The van der Waals surface area contributed by atoms with Crippen molar-refractivity contribution in [2.24, 2.45) is 0 Å². The van der Waals surface area contributed by atoms with Crippen LogP contribution in [-0.4, -0.2) is 14.8 Å². The van der Waals surface area contributed by atoms with Gasteiger partial charge in [-0.1, -0.05) is 0 Å². The van der Waals surface area contributed by atoms with Crippen LogP contribution in [0, 0.1) is 6.92 Å². The number of hydrogen-bond donors (Lipinski definition) is 1. The van der Waals surface area contributed by atoms with Crippen LogP contribution < -0.4 is 5.73 Å². The SMILES string of the molecule is Cc1nn(C(C)C)cc1-c1ncccc1N. The molecule has 2 aromatic rings. The van der Waals surface area contributed by atoms with Crippen molar-refractivity contribution in [1.29, 1.82) is 0 Å². The summed E-state index contributed by atoms with van der Waals surface area (Å²) in [5.74, 6) is 0. The zero-order valence-corrected chi connectivity index (χ0v) is 9.81. The van der Waals surface area contributed by atoms with Gasteiger partial charge in [-0.15, -0.1) is 0 Å². The molecule has 16 heavy (non-hydrogen) atoms. The number of aromatic nitrogens is 3. The molecule has 0 radical (unpaired) electrons. The van der Waals surface area contributed by atoms with Gasteiger partial charge < -0.3 is 5.73 Å². The summed E-state index contributed by atoms with van der Waals surface area (Å²) in [4.78, 5) is 4.30. The fourth-order valence-electron chi connectivity index (χ4n) is 1.62. The Morgan fingerprint density at radius 1 is 1.38 bits per heavy atom. The van der Waals surface area contributed by atoms with Gasteiger partial charge in [0.15, 0.2) is 0 Å². The predicted octanol–water partition coefficient (Wildman–Crippen LogP) is 2.42. The smallest absolute Gasteiger partial charge is 0.0965 e. The lowest BCUT2D eigenvalue weighted by Gasteiger charge is -2.03. The van der Waals surface area contributed by atoms with Crippen LogP contribution in [-0.2, 0) is 0 Å². The van der Waals surface area contributed by atoms with E-state index in [9.17, 15) is 0 Å². The van der Waals surface area contributed by atoms with Crippen LogP contribution in [0.3, 0.4) is 0 Å². The van der Waals surface area contributed by atoms with Crippen LogP contribution >= 0.6 is 0 Å². The Morgan fingerprint density at radius 2 is 2.12 bits per heavy atom. The van der Waals surface area contributed by atoms with E-state index in [4.69, 9.17) is 5.73 Å². The molecular weight excluding hydrogens is 200 g/mol. The molecule has 0 saturated heterocycles. The second-order valence-corrected chi connectivity index (χ2v) is 4.14. The van der Waals surface area contributed by atoms with Gasteiger partial charge in [0.2, 0.25) is 0 Å². The van der Waals surface area contributed by atoms with Gasteiger partial charge in [-0.3, -0.25) is 9.67 Å². The van der Waals surface area contributed by atoms with Crippen molar-refractivity contribution < 1.29 is 0 Å². The molecule has 84 valence electrons. The van der Waals surface area contributed by atoms with Crippen LogP contribution in [0.15, 0.2) is 24.5 Å². The molecule has 4 nitrogen and oxygen atoms in total. The molecule has 0 bridgehead atoms. The van der Waals surface area contributed by atoms with Gasteiger partial charge in [-0.05, 0) is 32.9 Å². The number of pyridine rings is 1. The van der Waals surface area contributed by atoms with Crippen LogP contribution in [0.25, 0.3) is 11.3 Å². The number of aryl methyl sites for hydroxylation is 1. The van der Waals surface area contributed by atoms with Gasteiger partial charge in [-0.25, -0.2) is 0 Å². The van der Waals surface area contributed by atoms with Crippen molar-refractivity contribution in [2.75, 3.05) is 5.73 Å². The van der Waals surface area contributed by atoms with Gasteiger partial charge in [0, 0.05) is 24.0 Å². The molecule has 0 atom stereocenters. The van der Waals surface area contributed by atoms with Crippen LogP contribution in [0.5, 0.6) is 0 Å². The van der Waals surface area contributed by atoms with E-state index >= 15 is 0 Å². The van der Waals surface area contributed by atoms with E-state index in [0.717, 1.165) is 17.0 Å². The Labute approximate surface area is 95.1 Å². The minimum Gasteiger partial charge on any atom is -0.397 e. The number of nitrogens with two attached hydrogens (primary N) is 1. The summed E-state index contributed by atoms with van der Waals surface area (Å²) >= 11 is 0. The standard InChI is InChI=1S/C12H16N4/c1-8(2)16-7-10(9(3)15-16)12-11(13)5-4-6-14-12/h4-8H,13H2,1-3H3. The predicted molar refractivity (Wildman–Crippen MR) is 65.0 cm³/mol. The molecule has 0 fully saturated rings. The lowest BCUT2D eigenvalue weighted by molar-refractivity contribution is 0.529. The zero-order chi connectivity index (χ0) is 11.7. The molecule has 2 heterocycles. The quantitative estimate of drug-likeness (QED) is 0.838. The maximum atomic E-state index is 5.91. The molecule has 0 aliphatic carbocycles. The first kappa shape index (κ1) is 10.7. The van der Waals surface area contributed by atoms with E-state index in [0.29, 0.717) is 11.7 Å². The molecule has 0 aliphatic heterocycles. The second-order valence-electron chi connectivity index (χ2n) is 4.14. The third-order valence-corrected chi connectivity index (χ3v) is 2.54. The fraction of sp³-hybridized carbons (Fsp3) is 0.333. The Morgan fingerprint density at radius 3 is 2.69 bits per heavy atom. The zero-order valence-electron chi connectivity index (χ0n) is 9.81. The van der Waals surface area contributed by atoms with E-state index in [-0.39, 0.29) is 0 Å². The minimum atomic E-state index is 0.345. The summed E-state index contributed by atoms with van der Waals surface area (Å²) < 4.78 is 1.93. The first-order valence-corrected chi connectivity index (χ1v) is 5.36. The molecular formula is C12H16N4. The van der Waals surface area contributed by atoms with Crippen molar-refractivity contribution in [1.82, 2.24) is 14.8 Å². The Hall–Kier alpha value is -1.84. The third kappa shape index (κ3) is 1.78. The second kappa shape index (κ2) is 3.96. The van der Waals surface area contributed by atoms with E-state index < -0.39 is 0 Å². The molecule has 0 aliphatic rings. The highest BCUT2D eigenvalue weighted by atomic mass is 15.3. The molecule has 0 unspecified atom stereocenters. The van der Waals surface area contributed by atoms with Crippen molar-refractivity contribution >= 4 is 5.69 Å². The summed E-state index contributed by atoms with van der Waals surface area (Å²) in [5, 5.41) is 4.45. The Bertz CT molecular complexity index is 499. The van der Waals surface area contributed by atoms with Crippen molar-refractivity contribution in [3.05, 3.63) is 30.2 Å². The molecule has 4 heteroatoms. The number of anilines is 1. The van der Waals surface area contributed by atoms with Gasteiger partial charge in [-0.2, -0.15) is 5.10 Å². The molecule has 2 rings (SSSR count). The van der Waals surface area contributed by atoms with Crippen LogP contribution in [0.2, 0.25) is 0 Å². The molecule has 0 saturated carbocycles. The molecule has 0 spiro atoms. The third-order valence-electron chi connectivity index (χ3n) is 2.54. The van der Waals surface area contributed by atoms with E-state index in [1.54, 1.807) is 6.20 Å². The van der Waals surface area contributed by atoms with Gasteiger partial charge in [0.1, 0.15) is 0 Å². The van der Waals surface area contributed by atoms with Crippen molar-refractivity contribution in [3.8, 4) is 11.3 Å². The topological polar surface area (TPSA) is 56.7 Å². The van der Waals surface area contributed by atoms with E-state index in [1.807, 2.05) is 29.9 Å². The number of nitrogen functional groups attached to an aromatic ring is 1. The largest absolute Gasteiger partial charge is 0.397 e. The highest BCUT2D eigenvalue weighted by molar-refractivity contribution is 5.73. The molecule has 0 aromatic carbocycles. The number of nitrogens with zero attached hydrogens (tertiary/aromatic N) is 3. The lowest BCUT2D eigenvalue weighted by Crippen LogP contribution is -2.00. The number of hydrogen-bond acceptors (Lipinski definition) is 3. The molecule has 2 N–H and O–H groups in total. The highest BCUT2D eigenvalue weighted by Gasteiger charge is 2.12. The van der Waals surface area contributed by atoms with Gasteiger partial charge in [0.25, 0.3) is 0 Å². The van der Waals surface area contributed by atoms with Crippen molar-refractivity contribution in [2.45, 2.75) is 26.8 Å². The van der Waals surface area contributed by atoms with Gasteiger partial charge >= 0.3 is 0 Å². The average Bonchev–Trinajstić information content (AvgIpc) is 2.61. The first-order chi connectivity index (χ1) is 7.59. The monoisotopic (exact) mass is 216 g/mol. The Kier molecular flexibility index (Phi) is 2.64. The lowest BCUT2D eigenvalue weighted by atomic mass is 10.1. The summed E-state index contributed by atoms with van der Waals surface area (Å²) in [6, 6.07) is 4.03. The summed E-state index contributed by atoms with van der Waals surface area (Å²) in [7, 11) is 0. The van der Waals surface area contributed by atoms with E-state index in [2.05, 4.69) is 23.9 Å². The summed E-state index contributed by atoms with van der Waals surface area (Å²) in [6.45, 7) is 6.17. The average molecular weight is 216 g/mol. The normalized spacial score (nSPS) is 11.0. The van der Waals surface area contributed by atoms with Crippen LogP contribution in [0.4, 0.5) is 5.69 Å². The summed E-state index contributed by atoms with van der Waals surface area (Å²) in [5.41, 5.74) is 9.37. The summed E-state index contributed by atoms with van der Waals surface area (Å²) in [6.07, 6.45) is 3.75. The Balaban J connectivity index is 2.52. The number of rotatable bonds is 2. The maximum Gasteiger partial charge on any atom is 0.0965 e. The van der Waals surface area contributed by atoms with Gasteiger partial charge in [0.05, 0.1) is 17.1 Å². The molecule has 0 amide bonds. The highest BCUT2D eigenvalue weighted by Crippen LogP contribution is 2.26. The fourth-order valence-corrected chi connectivity index (χ4v) is 1.62. The van der Waals surface area contributed by atoms with Crippen molar-refractivity contribution in [3.63, 3.8) is 0 Å². The maximum absolute atomic E-state index is 5.91. The minimum absolute atomic E-state index is 0.345.